The molecule has 10 nitrogen and oxygen atoms in total. The zero-order valence-corrected chi connectivity index (χ0v) is 18.9. The summed E-state index contributed by atoms with van der Waals surface area (Å²) in [5.74, 6) is 1.19. The molecule has 10 heteroatoms. The number of ether oxygens (including phenoxy) is 2. The van der Waals surface area contributed by atoms with E-state index in [4.69, 9.17) is 9.47 Å². The van der Waals surface area contributed by atoms with Crippen molar-refractivity contribution in [3.63, 3.8) is 0 Å². The number of hydrogen-bond acceptors (Lipinski definition) is 9. The number of nitrogens with one attached hydrogen (secondary N) is 1. The highest BCUT2D eigenvalue weighted by molar-refractivity contribution is 5.85. The second-order valence-corrected chi connectivity index (χ2v) is 7.27. The molecule has 0 saturated heterocycles. The number of aromatic hydroxyl groups is 1. The maximum atomic E-state index is 11.0. The van der Waals surface area contributed by atoms with Crippen molar-refractivity contribution in [1.82, 2.24) is 9.97 Å². The predicted octanol–water partition coefficient (Wildman–Crippen LogP) is 4.89. The van der Waals surface area contributed by atoms with Crippen molar-refractivity contribution < 1.29 is 19.5 Å². The van der Waals surface area contributed by atoms with E-state index in [0.29, 0.717) is 22.9 Å². The number of benzene rings is 3. The zero-order valence-electron chi connectivity index (χ0n) is 18.9. The van der Waals surface area contributed by atoms with Crippen molar-refractivity contribution in [2.75, 3.05) is 19.6 Å². The highest BCUT2D eigenvalue weighted by Gasteiger charge is 2.12. The number of nitrogens with zero attached hydrogens (tertiary/aromatic N) is 4. The van der Waals surface area contributed by atoms with E-state index >= 15 is 0 Å². The van der Waals surface area contributed by atoms with Gasteiger partial charge in [0.05, 0.1) is 36.7 Å². The number of phenolic OH excluding ortho intramolecular Hbond substituents is 1. The number of hydrazone groups is 1. The Morgan fingerprint density at radius 1 is 0.914 bits per heavy atom. The summed E-state index contributed by atoms with van der Waals surface area (Å²) in [6, 6.07) is 20.5. The Labute approximate surface area is 200 Å². The molecule has 0 spiro atoms. The van der Waals surface area contributed by atoms with Gasteiger partial charge in [0.2, 0.25) is 5.95 Å². The van der Waals surface area contributed by atoms with E-state index in [1.807, 2.05) is 48.5 Å². The van der Waals surface area contributed by atoms with Crippen LogP contribution in [-0.2, 0) is 0 Å². The molecule has 3 aromatic carbocycles. The third-order valence-corrected chi connectivity index (χ3v) is 5.07. The zero-order chi connectivity index (χ0) is 24.8. The number of aromatic nitrogens is 2. The van der Waals surface area contributed by atoms with Crippen molar-refractivity contribution >= 4 is 17.9 Å². The van der Waals surface area contributed by atoms with Crippen LogP contribution in [0.4, 0.5) is 11.6 Å². The standard InChI is InChI=1S/C25H21N5O5/c1-34-23-11-8-17(13-24(23)35-2)21-14-20(16-6-4-3-5-7-16)27-25(28-21)29-26-15-18-12-19(30(32)33)9-10-22(18)31/h3-15,31H,1-2H3,(H,27,28,29). The van der Waals surface area contributed by atoms with Crippen molar-refractivity contribution in [1.29, 1.82) is 0 Å². The molecule has 35 heavy (non-hydrogen) atoms. The molecule has 1 aromatic heterocycles. The maximum absolute atomic E-state index is 11.0. The molecule has 0 unspecified atom stereocenters. The van der Waals surface area contributed by atoms with Gasteiger partial charge in [0.25, 0.3) is 5.69 Å². The van der Waals surface area contributed by atoms with E-state index in [-0.39, 0.29) is 22.9 Å². The number of nitro groups is 1. The second kappa shape index (κ2) is 10.3. The van der Waals surface area contributed by atoms with Crippen molar-refractivity contribution in [2.45, 2.75) is 0 Å². The Hall–Kier alpha value is -4.99. The number of phenols is 1. The average Bonchev–Trinajstić information content (AvgIpc) is 2.89. The fourth-order valence-corrected chi connectivity index (χ4v) is 3.32. The van der Waals surface area contributed by atoms with E-state index in [1.165, 1.54) is 24.4 Å². The summed E-state index contributed by atoms with van der Waals surface area (Å²) in [7, 11) is 3.12. The lowest BCUT2D eigenvalue weighted by atomic mass is 10.1. The molecule has 0 bridgehead atoms. The average molecular weight is 471 g/mol. The monoisotopic (exact) mass is 471 g/mol. The Balaban J connectivity index is 1.71. The first-order valence-corrected chi connectivity index (χ1v) is 10.4. The summed E-state index contributed by atoms with van der Waals surface area (Å²) in [6.07, 6.45) is 1.26. The van der Waals surface area contributed by atoms with Gasteiger partial charge in [0, 0.05) is 28.8 Å². The van der Waals surface area contributed by atoms with Gasteiger partial charge in [-0.15, -0.1) is 0 Å². The third-order valence-electron chi connectivity index (χ3n) is 5.07. The van der Waals surface area contributed by atoms with Crippen molar-refractivity contribution in [2.24, 2.45) is 5.10 Å². The molecule has 4 aromatic rings. The molecule has 2 N–H and O–H groups in total. The van der Waals surface area contributed by atoms with E-state index in [0.717, 1.165) is 11.1 Å². The quantitative estimate of drug-likeness (QED) is 0.211. The molecule has 0 fully saturated rings. The molecule has 0 saturated carbocycles. The van der Waals surface area contributed by atoms with Gasteiger partial charge < -0.3 is 14.6 Å². The van der Waals surface area contributed by atoms with Crippen LogP contribution in [0.5, 0.6) is 17.2 Å². The van der Waals surface area contributed by atoms with Gasteiger partial charge in [-0.2, -0.15) is 5.10 Å². The van der Waals surface area contributed by atoms with Crippen LogP contribution in [0.25, 0.3) is 22.5 Å². The fraction of sp³-hybridized carbons (Fsp3) is 0.0800. The first-order valence-electron chi connectivity index (χ1n) is 10.4. The maximum Gasteiger partial charge on any atom is 0.270 e. The van der Waals surface area contributed by atoms with Gasteiger partial charge in [-0.05, 0) is 30.3 Å². The number of hydrogen-bond donors (Lipinski definition) is 2. The predicted molar refractivity (Wildman–Crippen MR) is 132 cm³/mol. The second-order valence-electron chi connectivity index (χ2n) is 7.27. The molecule has 0 aliphatic rings. The smallest absolute Gasteiger partial charge is 0.270 e. The molecule has 0 amide bonds. The molecule has 176 valence electrons. The summed E-state index contributed by atoms with van der Waals surface area (Å²) in [6.45, 7) is 0. The normalized spacial score (nSPS) is 10.8. The lowest BCUT2D eigenvalue weighted by Crippen LogP contribution is -2.01. The summed E-state index contributed by atoms with van der Waals surface area (Å²) in [5.41, 5.74) is 5.66. The van der Waals surface area contributed by atoms with Crippen LogP contribution in [0.15, 0.2) is 77.9 Å². The highest BCUT2D eigenvalue weighted by Crippen LogP contribution is 2.33. The summed E-state index contributed by atoms with van der Waals surface area (Å²) < 4.78 is 10.7. The van der Waals surface area contributed by atoms with Gasteiger partial charge in [-0.1, -0.05) is 30.3 Å². The minimum atomic E-state index is -0.550. The Bertz CT molecular complexity index is 1390. The van der Waals surface area contributed by atoms with E-state index in [1.54, 1.807) is 20.3 Å². The van der Waals surface area contributed by atoms with Crippen molar-refractivity contribution in [3.05, 3.63) is 88.5 Å². The van der Waals surface area contributed by atoms with Gasteiger partial charge >= 0.3 is 0 Å². The molecule has 1 heterocycles. The van der Waals surface area contributed by atoms with Crippen molar-refractivity contribution in [3.8, 4) is 39.8 Å². The Morgan fingerprint density at radius 3 is 2.31 bits per heavy atom. The van der Waals surface area contributed by atoms with Crippen LogP contribution in [0.1, 0.15) is 5.56 Å². The molecular formula is C25H21N5O5. The molecule has 0 aliphatic heterocycles. The van der Waals surface area contributed by atoms with Crippen LogP contribution < -0.4 is 14.9 Å². The highest BCUT2D eigenvalue weighted by atomic mass is 16.6. The number of methoxy groups -OCH3 is 2. The van der Waals surface area contributed by atoms with Crippen LogP contribution in [0.3, 0.4) is 0 Å². The Morgan fingerprint density at radius 2 is 1.63 bits per heavy atom. The van der Waals surface area contributed by atoms with E-state index in [2.05, 4.69) is 20.5 Å². The lowest BCUT2D eigenvalue weighted by Gasteiger charge is -2.11. The van der Waals surface area contributed by atoms with E-state index < -0.39 is 4.92 Å². The van der Waals surface area contributed by atoms with Gasteiger partial charge in [0.1, 0.15) is 5.75 Å². The fourth-order valence-electron chi connectivity index (χ4n) is 3.32. The SMILES string of the molecule is COc1ccc(-c2cc(-c3ccccc3)nc(NN=Cc3cc([N+](=O)[O-])ccc3O)n2)cc1OC. The summed E-state index contributed by atoms with van der Waals surface area (Å²) >= 11 is 0. The number of anilines is 1. The minimum absolute atomic E-state index is 0.147. The number of rotatable bonds is 8. The van der Waals surface area contributed by atoms with Crippen LogP contribution in [-0.4, -0.2) is 40.4 Å². The molecule has 0 atom stereocenters. The largest absolute Gasteiger partial charge is 0.507 e. The summed E-state index contributed by atoms with van der Waals surface area (Å²) in [4.78, 5) is 19.6. The van der Waals surface area contributed by atoms with Gasteiger partial charge in [-0.3, -0.25) is 10.1 Å². The molecule has 4 rings (SSSR count). The Kier molecular flexibility index (Phi) is 6.82. The topological polar surface area (TPSA) is 132 Å². The molecular weight excluding hydrogens is 450 g/mol. The first-order chi connectivity index (χ1) is 17.0. The number of nitro benzene ring substituents is 1. The third kappa shape index (κ3) is 5.33. The number of non-ortho nitro benzene ring substituents is 1. The lowest BCUT2D eigenvalue weighted by molar-refractivity contribution is -0.384. The van der Waals surface area contributed by atoms with E-state index in [9.17, 15) is 15.2 Å². The molecule has 0 radical (unpaired) electrons. The van der Waals surface area contributed by atoms with Crippen LogP contribution >= 0.6 is 0 Å². The molecule has 0 aliphatic carbocycles. The van der Waals surface area contributed by atoms with Crippen LogP contribution in [0.2, 0.25) is 0 Å². The van der Waals surface area contributed by atoms with Gasteiger partial charge in [-0.25, -0.2) is 15.4 Å². The van der Waals surface area contributed by atoms with Crippen LogP contribution in [0, 0.1) is 10.1 Å². The minimum Gasteiger partial charge on any atom is -0.507 e. The first kappa shape index (κ1) is 23.2. The summed E-state index contributed by atoms with van der Waals surface area (Å²) in [5, 5.41) is 25.1. The van der Waals surface area contributed by atoms with Gasteiger partial charge in [0.15, 0.2) is 11.5 Å².